The number of benzene rings is 3. The smallest absolute Gasteiger partial charge is 0.212 e. The first-order chi connectivity index (χ1) is 12.4. The van der Waals surface area contributed by atoms with Crippen molar-refractivity contribution in [3.05, 3.63) is 83.9 Å². The Balaban J connectivity index is 1.64. The molecule has 0 aliphatic rings. The molecule has 136 valence electrons. The van der Waals surface area contributed by atoms with E-state index in [0.717, 1.165) is 16.5 Å². The molecule has 3 rings (SSSR count). The highest BCUT2D eigenvalue weighted by atomic mass is 32.2. The molecule has 0 bridgehead atoms. The second kappa shape index (κ2) is 8.02. The van der Waals surface area contributed by atoms with Crippen LogP contribution in [0.5, 0.6) is 0 Å². The molecule has 0 aliphatic heterocycles. The third-order valence-corrected chi connectivity index (χ3v) is 6.34. The Morgan fingerprint density at radius 3 is 2.15 bits per heavy atom. The Hall–Kier alpha value is -2.17. The Labute approximate surface area is 156 Å². The van der Waals surface area contributed by atoms with Crippen LogP contribution in [-0.4, -0.2) is 20.7 Å². The summed E-state index contributed by atoms with van der Waals surface area (Å²) in [5.74, 6) is 0.165. The minimum Gasteiger partial charge on any atom is -0.215 e. The Morgan fingerprint density at radius 2 is 1.42 bits per heavy atom. The molecule has 0 saturated heterocycles. The molecule has 0 spiro atoms. The second-order valence-electron chi connectivity index (χ2n) is 6.95. The monoisotopic (exact) mass is 367 g/mol. The van der Waals surface area contributed by atoms with E-state index in [1.165, 1.54) is 5.39 Å². The van der Waals surface area contributed by atoms with E-state index < -0.39 is 10.0 Å². The van der Waals surface area contributed by atoms with Gasteiger partial charge in [-0.25, -0.2) is 13.1 Å². The van der Waals surface area contributed by atoms with E-state index in [9.17, 15) is 8.42 Å². The summed E-state index contributed by atoms with van der Waals surface area (Å²) < 4.78 is 27.8. The molecule has 0 radical (unpaired) electrons. The predicted molar refractivity (Wildman–Crippen MR) is 109 cm³/mol. The van der Waals surface area contributed by atoms with Crippen molar-refractivity contribution in [2.45, 2.75) is 25.7 Å². The number of hydrogen-bond donors (Lipinski definition) is 1. The topological polar surface area (TPSA) is 46.2 Å². The van der Waals surface area contributed by atoms with Crippen LogP contribution in [0.4, 0.5) is 0 Å². The van der Waals surface area contributed by atoms with Gasteiger partial charge in [-0.05, 0) is 33.7 Å². The van der Waals surface area contributed by atoms with E-state index in [-0.39, 0.29) is 17.6 Å². The average Bonchev–Trinajstić information content (AvgIpc) is 2.66. The maximum Gasteiger partial charge on any atom is 0.212 e. The highest BCUT2D eigenvalue weighted by Crippen LogP contribution is 2.23. The lowest BCUT2D eigenvalue weighted by molar-refractivity contribution is 0.569. The van der Waals surface area contributed by atoms with Gasteiger partial charge in [0.2, 0.25) is 10.0 Å². The molecule has 1 N–H and O–H groups in total. The first kappa shape index (κ1) is 18.6. The Bertz CT molecular complexity index is 968. The van der Waals surface area contributed by atoms with Crippen LogP contribution >= 0.6 is 0 Å². The summed E-state index contributed by atoms with van der Waals surface area (Å²) in [6, 6.07) is 24.2. The lowest BCUT2D eigenvalue weighted by atomic mass is 9.99. The summed E-state index contributed by atoms with van der Waals surface area (Å²) in [6.45, 7) is 4.41. The minimum atomic E-state index is -3.34. The maximum absolute atomic E-state index is 12.5. The third-order valence-electron chi connectivity index (χ3n) is 4.79. The maximum atomic E-state index is 12.5. The molecular weight excluding hydrogens is 342 g/mol. The van der Waals surface area contributed by atoms with E-state index in [0.29, 0.717) is 6.54 Å². The lowest BCUT2D eigenvalue weighted by Gasteiger charge is -2.16. The normalized spacial score (nSPS) is 14.2. The zero-order valence-electron chi connectivity index (χ0n) is 15.2. The molecule has 0 aliphatic carbocycles. The molecule has 0 heterocycles. The van der Waals surface area contributed by atoms with Gasteiger partial charge in [-0.15, -0.1) is 0 Å². The number of sulfonamides is 1. The van der Waals surface area contributed by atoms with Crippen molar-refractivity contribution < 1.29 is 8.42 Å². The molecule has 3 aromatic carbocycles. The van der Waals surface area contributed by atoms with Crippen LogP contribution in [0.25, 0.3) is 10.8 Å². The van der Waals surface area contributed by atoms with Gasteiger partial charge >= 0.3 is 0 Å². The van der Waals surface area contributed by atoms with Crippen LogP contribution in [0.1, 0.15) is 36.8 Å². The number of hydrogen-bond acceptors (Lipinski definition) is 2. The van der Waals surface area contributed by atoms with E-state index in [1.807, 2.05) is 62.4 Å². The molecule has 4 heteroatoms. The Morgan fingerprint density at radius 1 is 0.769 bits per heavy atom. The van der Waals surface area contributed by atoms with Crippen LogP contribution in [0.3, 0.4) is 0 Å². The van der Waals surface area contributed by atoms with E-state index in [2.05, 4.69) is 29.0 Å². The fraction of sp³-hybridized carbons (Fsp3) is 0.273. The van der Waals surface area contributed by atoms with Crippen molar-refractivity contribution >= 4 is 20.8 Å². The zero-order valence-corrected chi connectivity index (χ0v) is 16.0. The van der Waals surface area contributed by atoms with Gasteiger partial charge in [0.15, 0.2) is 0 Å². The summed E-state index contributed by atoms with van der Waals surface area (Å²) in [5.41, 5.74) is 2.18. The predicted octanol–water partition coefficient (Wildman–Crippen LogP) is 4.67. The molecule has 0 aromatic heterocycles. The third kappa shape index (κ3) is 4.71. The molecule has 3 nitrogen and oxygen atoms in total. The highest BCUT2D eigenvalue weighted by molar-refractivity contribution is 7.89. The van der Waals surface area contributed by atoms with E-state index in [1.54, 1.807) is 0 Å². The molecular formula is C22H25NO2S. The zero-order chi connectivity index (χ0) is 18.6. The lowest BCUT2D eigenvalue weighted by Crippen LogP contribution is -2.31. The number of nitrogens with one attached hydrogen (secondary N) is 1. The largest absolute Gasteiger partial charge is 0.215 e. The summed E-state index contributed by atoms with van der Waals surface area (Å²) in [6.07, 6.45) is 0. The molecule has 0 saturated carbocycles. The number of rotatable bonds is 7. The van der Waals surface area contributed by atoms with Gasteiger partial charge in [0.1, 0.15) is 0 Å². The van der Waals surface area contributed by atoms with Gasteiger partial charge in [0.25, 0.3) is 0 Å². The van der Waals surface area contributed by atoms with Gasteiger partial charge in [-0.2, -0.15) is 0 Å². The molecule has 2 unspecified atom stereocenters. The van der Waals surface area contributed by atoms with Crippen LogP contribution in [0.2, 0.25) is 0 Å². The van der Waals surface area contributed by atoms with Crippen molar-refractivity contribution in [1.82, 2.24) is 4.72 Å². The summed E-state index contributed by atoms with van der Waals surface area (Å²) in [4.78, 5) is 0. The van der Waals surface area contributed by atoms with E-state index >= 15 is 0 Å². The SMILES string of the molecule is CC(CNS(=O)(=O)CC(C)c1ccc2ccccc2c1)c1ccccc1. The van der Waals surface area contributed by atoms with Gasteiger partial charge in [-0.3, -0.25) is 0 Å². The Kier molecular flexibility index (Phi) is 5.74. The van der Waals surface area contributed by atoms with Gasteiger partial charge < -0.3 is 0 Å². The van der Waals surface area contributed by atoms with Crippen molar-refractivity contribution in [3.8, 4) is 0 Å². The average molecular weight is 368 g/mol. The fourth-order valence-electron chi connectivity index (χ4n) is 3.15. The van der Waals surface area contributed by atoms with Crippen molar-refractivity contribution in [3.63, 3.8) is 0 Å². The first-order valence-electron chi connectivity index (χ1n) is 8.95. The highest BCUT2D eigenvalue weighted by Gasteiger charge is 2.18. The van der Waals surface area contributed by atoms with Crippen LogP contribution in [-0.2, 0) is 10.0 Å². The van der Waals surface area contributed by atoms with Crippen molar-refractivity contribution in [2.24, 2.45) is 0 Å². The minimum absolute atomic E-state index is 0.0656. The van der Waals surface area contributed by atoms with Gasteiger partial charge in [0, 0.05) is 6.54 Å². The molecule has 0 amide bonds. The fourth-order valence-corrected chi connectivity index (χ4v) is 4.62. The van der Waals surface area contributed by atoms with Crippen LogP contribution in [0, 0.1) is 0 Å². The quantitative estimate of drug-likeness (QED) is 0.660. The molecule has 26 heavy (non-hydrogen) atoms. The second-order valence-corrected chi connectivity index (χ2v) is 8.80. The summed E-state index contributed by atoms with van der Waals surface area (Å²) >= 11 is 0. The van der Waals surface area contributed by atoms with Gasteiger partial charge in [-0.1, -0.05) is 86.6 Å². The summed E-state index contributed by atoms with van der Waals surface area (Å²) in [7, 11) is -3.34. The standard InChI is InChI=1S/C22H25NO2S/c1-17(19-8-4-3-5-9-19)15-23-26(24,25)16-18(2)21-13-12-20-10-6-7-11-22(20)14-21/h3-14,17-18,23H,15-16H2,1-2H3. The molecule has 2 atom stereocenters. The molecule has 3 aromatic rings. The number of fused-ring (bicyclic) bond motifs is 1. The summed E-state index contributed by atoms with van der Waals surface area (Å²) in [5, 5.41) is 2.31. The van der Waals surface area contributed by atoms with E-state index in [4.69, 9.17) is 0 Å². The van der Waals surface area contributed by atoms with Crippen molar-refractivity contribution in [2.75, 3.05) is 12.3 Å². The van der Waals surface area contributed by atoms with Gasteiger partial charge in [0.05, 0.1) is 5.75 Å². The van der Waals surface area contributed by atoms with Crippen molar-refractivity contribution in [1.29, 1.82) is 0 Å². The van der Waals surface area contributed by atoms with Crippen LogP contribution in [0.15, 0.2) is 72.8 Å². The van der Waals surface area contributed by atoms with Crippen LogP contribution < -0.4 is 4.72 Å². The first-order valence-corrected chi connectivity index (χ1v) is 10.6. The molecule has 0 fully saturated rings.